The minimum absolute atomic E-state index is 0.150. The normalized spacial score (nSPS) is 10.2. The van der Waals surface area contributed by atoms with Crippen molar-refractivity contribution in [3.8, 4) is 5.75 Å². The third-order valence-corrected chi connectivity index (χ3v) is 2.33. The molecule has 6 nitrogen and oxygen atoms in total. The van der Waals surface area contributed by atoms with Gasteiger partial charge in [-0.1, -0.05) is 6.92 Å². The van der Waals surface area contributed by atoms with E-state index >= 15 is 0 Å². The van der Waals surface area contributed by atoms with Gasteiger partial charge in [0.15, 0.2) is 0 Å². The molecule has 1 aromatic rings. The number of carboxylic acids is 1. The molecule has 0 unspecified atom stereocenters. The van der Waals surface area contributed by atoms with E-state index in [0.29, 0.717) is 13.2 Å². The molecule has 0 bridgehead atoms. The molecule has 0 fully saturated rings. The van der Waals surface area contributed by atoms with E-state index in [-0.39, 0.29) is 29.3 Å². The maximum Gasteiger partial charge on any atom is 0.337 e. The number of nitrogens with one attached hydrogen (secondary N) is 1. The Bertz CT molecular complexity index is 458. The van der Waals surface area contributed by atoms with E-state index < -0.39 is 5.97 Å². The molecule has 104 valence electrons. The van der Waals surface area contributed by atoms with Gasteiger partial charge < -0.3 is 20.3 Å². The van der Waals surface area contributed by atoms with Crippen molar-refractivity contribution in [2.45, 2.75) is 19.8 Å². The van der Waals surface area contributed by atoms with Crippen LogP contribution in [0.15, 0.2) is 18.2 Å². The van der Waals surface area contributed by atoms with Gasteiger partial charge in [-0.25, -0.2) is 4.79 Å². The highest BCUT2D eigenvalue weighted by atomic mass is 16.5. The molecule has 1 rings (SSSR count). The number of rotatable bonds is 7. The Labute approximate surface area is 111 Å². The molecule has 1 aromatic carbocycles. The number of anilines is 1. The van der Waals surface area contributed by atoms with E-state index in [0.717, 1.165) is 12.5 Å². The summed E-state index contributed by atoms with van der Waals surface area (Å²) < 4.78 is 5.17. The van der Waals surface area contributed by atoms with Crippen molar-refractivity contribution < 1.29 is 24.5 Å². The zero-order chi connectivity index (χ0) is 14.3. The predicted molar refractivity (Wildman–Crippen MR) is 69.4 cm³/mol. The van der Waals surface area contributed by atoms with Gasteiger partial charge in [0, 0.05) is 6.61 Å². The average molecular weight is 267 g/mol. The number of carbonyl (C=O) groups is 2. The van der Waals surface area contributed by atoms with Gasteiger partial charge in [0.2, 0.25) is 5.91 Å². The third kappa shape index (κ3) is 4.97. The molecule has 0 aromatic heterocycles. The zero-order valence-corrected chi connectivity index (χ0v) is 10.7. The molecular formula is C13H17NO5. The van der Waals surface area contributed by atoms with Gasteiger partial charge >= 0.3 is 5.97 Å². The molecule has 0 atom stereocenters. The molecule has 0 radical (unpaired) electrons. The molecule has 0 saturated heterocycles. The van der Waals surface area contributed by atoms with Crippen LogP contribution in [0.5, 0.6) is 5.75 Å². The monoisotopic (exact) mass is 267 g/mol. The number of hydrogen-bond acceptors (Lipinski definition) is 4. The van der Waals surface area contributed by atoms with Gasteiger partial charge in [-0.3, -0.25) is 4.79 Å². The SMILES string of the molecule is CCCOCCC(=O)Nc1ccc(O)cc1C(=O)O. The number of carboxylic acid groups (broad SMARTS) is 1. The number of amides is 1. The highest BCUT2D eigenvalue weighted by Crippen LogP contribution is 2.21. The Morgan fingerprint density at radius 3 is 2.68 bits per heavy atom. The molecule has 6 heteroatoms. The van der Waals surface area contributed by atoms with Crippen LogP contribution in [0.25, 0.3) is 0 Å². The van der Waals surface area contributed by atoms with Gasteiger partial charge in [-0.15, -0.1) is 0 Å². The molecule has 0 aliphatic carbocycles. The number of ether oxygens (including phenoxy) is 1. The number of aromatic carboxylic acids is 1. The number of hydrogen-bond donors (Lipinski definition) is 3. The Kier molecular flexibility index (Phi) is 5.81. The van der Waals surface area contributed by atoms with Crippen LogP contribution in [0.4, 0.5) is 5.69 Å². The smallest absolute Gasteiger partial charge is 0.337 e. The van der Waals surface area contributed by atoms with Crippen LogP contribution in [-0.4, -0.2) is 35.3 Å². The lowest BCUT2D eigenvalue weighted by Gasteiger charge is -2.09. The first-order valence-electron chi connectivity index (χ1n) is 5.98. The van der Waals surface area contributed by atoms with Crippen LogP contribution in [-0.2, 0) is 9.53 Å². The lowest BCUT2D eigenvalue weighted by molar-refractivity contribution is -0.117. The van der Waals surface area contributed by atoms with Gasteiger partial charge in [0.25, 0.3) is 0 Å². The summed E-state index contributed by atoms with van der Waals surface area (Å²) in [6.45, 7) is 2.85. The Morgan fingerprint density at radius 1 is 1.32 bits per heavy atom. The molecule has 19 heavy (non-hydrogen) atoms. The molecule has 0 heterocycles. The fourth-order valence-electron chi connectivity index (χ4n) is 1.44. The first kappa shape index (κ1) is 15.0. The van der Waals surface area contributed by atoms with Crippen LogP contribution in [0.1, 0.15) is 30.1 Å². The Balaban J connectivity index is 2.61. The van der Waals surface area contributed by atoms with Gasteiger partial charge in [-0.2, -0.15) is 0 Å². The summed E-state index contributed by atoms with van der Waals surface area (Å²) in [5.74, 6) is -1.71. The van der Waals surface area contributed by atoms with Crippen LogP contribution in [0, 0.1) is 0 Å². The van der Waals surface area contributed by atoms with E-state index in [4.69, 9.17) is 9.84 Å². The summed E-state index contributed by atoms with van der Waals surface area (Å²) in [5, 5.41) is 20.7. The summed E-state index contributed by atoms with van der Waals surface area (Å²) in [6, 6.07) is 3.75. The summed E-state index contributed by atoms with van der Waals surface area (Å²) >= 11 is 0. The number of benzene rings is 1. The molecule has 0 spiro atoms. The third-order valence-electron chi connectivity index (χ3n) is 2.33. The van der Waals surface area contributed by atoms with Crippen molar-refractivity contribution in [3.63, 3.8) is 0 Å². The second-order valence-electron chi connectivity index (χ2n) is 3.95. The van der Waals surface area contributed by atoms with E-state index in [1.807, 2.05) is 6.92 Å². The van der Waals surface area contributed by atoms with Crippen LogP contribution in [0.2, 0.25) is 0 Å². The number of aromatic hydroxyl groups is 1. The molecule has 0 saturated carbocycles. The van der Waals surface area contributed by atoms with Crippen LogP contribution < -0.4 is 5.32 Å². The van der Waals surface area contributed by atoms with Gasteiger partial charge in [0.1, 0.15) is 5.75 Å². The van der Waals surface area contributed by atoms with Crippen molar-refractivity contribution in [3.05, 3.63) is 23.8 Å². The summed E-state index contributed by atoms with van der Waals surface area (Å²) in [7, 11) is 0. The van der Waals surface area contributed by atoms with E-state index in [2.05, 4.69) is 5.32 Å². The lowest BCUT2D eigenvalue weighted by Crippen LogP contribution is -2.16. The fraction of sp³-hybridized carbons (Fsp3) is 0.385. The first-order valence-corrected chi connectivity index (χ1v) is 5.98. The fourth-order valence-corrected chi connectivity index (χ4v) is 1.44. The summed E-state index contributed by atoms with van der Waals surface area (Å²) in [5.41, 5.74) is 0.00798. The maximum atomic E-state index is 11.6. The van der Waals surface area contributed by atoms with Crippen LogP contribution >= 0.6 is 0 Å². The second kappa shape index (κ2) is 7.38. The van der Waals surface area contributed by atoms with Gasteiger partial charge in [-0.05, 0) is 24.6 Å². The maximum absolute atomic E-state index is 11.6. The van der Waals surface area contributed by atoms with Crippen molar-refractivity contribution in [2.24, 2.45) is 0 Å². The number of carbonyl (C=O) groups excluding carboxylic acids is 1. The minimum Gasteiger partial charge on any atom is -0.508 e. The molecule has 3 N–H and O–H groups in total. The van der Waals surface area contributed by atoms with Crippen molar-refractivity contribution in [1.82, 2.24) is 0 Å². The van der Waals surface area contributed by atoms with Crippen LogP contribution in [0.3, 0.4) is 0 Å². The van der Waals surface area contributed by atoms with E-state index in [1.165, 1.54) is 12.1 Å². The summed E-state index contributed by atoms with van der Waals surface area (Å²) in [6.07, 6.45) is 1.03. The number of phenolic OH excluding ortho intramolecular Hbond substituents is 1. The zero-order valence-electron chi connectivity index (χ0n) is 10.7. The largest absolute Gasteiger partial charge is 0.508 e. The number of phenols is 1. The van der Waals surface area contributed by atoms with Gasteiger partial charge in [0.05, 0.1) is 24.3 Å². The predicted octanol–water partition coefficient (Wildman–Crippen LogP) is 1.85. The van der Waals surface area contributed by atoms with Crippen molar-refractivity contribution in [2.75, 3.05) is 18.5 Å². The van der Waals surface area contributed by atoms with Crippen molar-refractivity contribution >= 4 is 17.6 Å². The standard InChI is InChI=1S/C13H17NO5/c1-2-6-19-7-5-12(16)14-11-4-3-9(15)8-10(11)13(17)18/h3-4,8,15H,2,5-7H2,1H3,(H,14,16)(H,17,18). The van der Waals surface area contributed by atoms with E-state index in [1.54, 1.807) is 0 Å². The summed E-state index contributed by atoms with van der Waals surface area (Å²) in [4.78, 5) is 22.6. The lowest BCUT2D eigenvalue weighted by atomic mass is 10.1. The average Bonchev–Trinajstić information content (AvgIpc) is 2.36. The Morgan fingerprint density at radius 2 is 2.05 bits per heavy atom. The minimum atomic E-state index is -1.21. The molecule has 0 aliphatic rings. The molecular weight excluding hydrogens is 250 g/mol. The Hall–Kier alpha value is -2.08. The highest BCUT2D eigenvalue weighted by Gasteiger charge is 2.13. The molecule has 0 aliphatic heterocycles. The second-order valence-corrected chi connectivity index (χ2v) is 3.95. The first-order chi connectivity index (χ1) is 9.04. The highest BCUT2D eigenvalue weighted by molar-refractivity contribution is 6.00. The molecule has 1 amide bonds. The van der Waals surface area contributed by atoms with E-state index in [9.17, 15) is 14.7 Å². The van der Waals surface area contributed by atoms with Crippen molar-refractivity contribution in [1.29, 1.82) is 0 Å². The topological polar surface area (TPSA) is 95.9 Å². The quantitative estimate of drug-likeness (QED) is 0.517.